The molecule has 0 fully saturated rings. The van der Waals surface area contributed by atoms with Gasteiger partial charge in [0, 0.05) is 13.6 Å². The zero-order chi connectivity index (χ0) is 21.3. The van der Waals surface area contributed by atoms with Gasteiger partial charge in [0.15, 0.2) is 11.5 Å². The molecule has 3 rings (SSSR count). The Kier molecular flexibility index (Phi) is 5.53. The molecule has 29 heavy (non-hydrogen) atoms. The molecule has 0 bridgehead atoms. The normalized spacial score (nSPS) is 13.6. The molecule has 0 atom stereocenters. The number of nitrogens with zero attached hydrogens (tertiary/aromatic N) is 1. The molecule has 1 aliphatic heterocycles. The van der Waals surface area contributed by atoms with Crippen molar-refractivity contribution in [3.8, 4) is 11.5 Å². The minimum atomic E-state index is -4.00. The minimum absolute atomic E-state index is 0.0142. The van der Waals surface area contributed by atoms with Gasteiger partial charge in [-0.25, -0.2) is 8.42 Å². The van der Waals surface area contributed by atoms with E-state index < -0.39 is 28.4 Å². The number of nitrogens with one attached hydrogen (secondary N) is 1. The molecule has 1 N–H and O–H groups in total. The number of halogens is 2. The molecule has 1 aliphatic rings. The summed E-state index contributed by atoms with van der Waals surface area (Å²) in [6, 6.07) is 7.73. The Hall–Kier alpha value is -3.05. The van der Waals surface area contributed by atoms with E-state index >= 15 is 0 Å². The summed E-state index contributed by atoms with van der Waals surface area (Å²) in [4.78, 5) is 23.2. The van der Waals surface area contributed by atoms with E-state index in [9.17, 15) is 26.8 Å². The lowest BCUT2D eigenvalue weighted by Crippen LogP contribution is -2.26. The van der Waals surface area contributed by atoms with Crippen LogP contribution in [0.4, 0.5) is 8.78 Å². The van der Waals surface area contributed by atoms with Crippen molar-refractivity contribution in [3.63, 3.8) is 0 Å². The first-order chi connectivity index (χ1) is 13.6. The second-order valence-electron chi connectivity index (χ2n) is 6.12. The number of hydrogen-bond donors (Lipinski definition) is 1. The van der Waals surface area contributed by atoms with Crippen LogP contribution in [0.2, 0.25) is 0 Å². The Balaban J connectivity index is 1.85. The predicted octanol–water partition coefficient (Wildman–Crippen LogP) is 2.00. The number of rotatable bonds is 7. The quantitative estimate of drug-likeness (QED) is 0.680. The molecule has 0 unspecified atom stereocenters. The molecular formula is C18H16F2N2O6S. The fraction of sp³-hybridized carbons (Fsp3) is 0.222. The van der Waals surface area contributed by atoms with E-state index in [2.05, 4.69) is 10.1 Å². The number of methoxy groups -OCH3 is 1. The van der Waals surface area contributed by atoms with Gasteiger partial charge in [0.05, 0.1) is 23.1 Å². The van der Waals surface area contributed by atoms with E-state index in [1.165, 1.54) is 44.5 Å². The highest BCUT2D eigenvalue weighted by Gasteiger charge is 2.30. The average molecular weight is 426 g/mol. The third-order valence-electron chi connectivity index (χ3n) is 4.26. The van der Waals surface area contributed by atoms with Crippen LogP contribution >= 0.6 is 0 Å². The van der Waals surface area contributed by atoms with Crippen molar-refractivity contribution in [2.75, 3.05) is 14.2 Å². The molecule has 1 heterocycles. The van der Waals surface area contributed by atoms with E-state index in [0.29, 0.717) is 5.56 Å². The van der Waals surface area contributed by atoms with Crippen molar-refractivity contribution < 1.29 is 36.3 Å². The van der Waals surface area contributed by atoms with Crippen LogP contribution in [0.3, 0.4) is 0 Å². The second kappa shape index (κ2) is 7.76. The monoisotopic (exact) mass is 426 g/mol. The maximum absolute atomic E-state index is 12.8. The number of carbonyl (C=O) groups is 2. The lowest BCUT2D eigenvalue weighted by molar-refractivity contribution is -0.0512. The summed E-state index contributed by atoms with van der Waals surface area (Å²) in [6.45, 7) is -3.13. The first-order valence-electron chi connectivity index (χ1n) is 8.21. The number of amides is 2. The van der Waals surface area contributed by atoms with Crippen LogP contribution in [0.25, 0.3) is 0 Å². The molecule has 0 radical (unpaired) electrons. The van der Waals surface area contributed by atoms with Crippen LogP contribution in [0.5, 0.6) is 11.5 Å². The Morgan fingerprint density at radius 1 is 1.03 bits per heavy atom. The molecule has 154 valence electrons. The maximum atomic E-state index is 12.8. The van der Waals surface area contributed by atoms with Crippen LogP contribution in [0.1, 0.15) is 26.3 Å². The van der Waals surface area contributed by atoms with Crippen LogP contribution < -0.4 is 14.8 Å². The number of alkyl halides is 2. The molecule has 8 nitrogen and oxygen atoms in total. The molecule has 2 aromatic carbocycles. The molecule has 0 saturated carbocycles. The third kappa shape index (κ3) is 4.05. The number of carbonyl (C=O) groups excluding carboxylic acids is 2. The smallest absolute Gasteiger partial charge is 0.387 e. The fourth-order valence-corrected chi connectivity index (χ4v) is 4.02. The number of ether oxygens (including phenoxy) is 2. The van der Waals surface area contributed by atoms with Gasteiger partial charge in [-0.15, -0.1) is 0 Å². The molecule has 0 aromatic heterocycles. The number of fused-ring (bicyclic) bond motifs is 1. The van der Waals surface area contributed by atoms with Crippen molar-refractivity contribution in [2.24, 2.45) is 0 Å². The van der Waals surface area contributed by atoms with Crippen LogP contribution in [0, 0.1) is 0 Å². The van der Waals surface area contributed by atoms with Gasteiger partial charge in [-0.1, -0.05) is 6.07 Å². The van der Waals surface area contributed by atoms with Crippen molar-refractivity contribution in [3.05, 3.63) is 53.1 Å². The van der Waals surface area contributed by atoms with Gasteiger partial charge < -0.3 is 9.47 Å². The van der Waals surface area contributed by atoms with E-state index in [0.717, 1.165) is 10.4 Å². The number of imide groups is 1. The van der Waals surface area contributed by atoms with E-state index in [-0.39, 0.29) is 34.1 Å². The number of benzene rings is 2. The zero-order valence-corrected chi connectivity index (χ0v) is 16.1. The number of hydrogen-bond acceptors (Lipinski definition) is 6. The van der Waals surface area contributed by atoms with E-state index in [4.69, 9.17) is 4.74 Å². The van der Waals surface area contributed by atoms with Crippen molar-refractivity contribution in [1.82, 2.24) is 9.62 Å². The highest BCUT2D eigenvalue weighted by atomic mass is 32.2. The van der Waals surface area contributed by atoms with Gasteiger partial charge >= 0.3 is 6.61 Å². The van der Waals surface area contributed by atoms with Crippen LogP contribution in [0.15, 0.2) is 41.3 Å². The van der Waals surface area contributed by atoms with Gasteiger partial charge in [-0.2, -0.15) is 13.1 Å². The van der Waals surface area contributed by atoms with Crippen LogP contribution in [-0.2, 0) is 16.6 Å². The van der Waals surface area contributed by atoms with E-state index in [1.807, 2.05) is 0 Å². The van der Waals surface area contributed by atoms with Gasteiger partial charge in [0.1, 0.15) is 0 Å². The summed E-state index contributed by atoms with van der Waals surface area (Å²) < 4.78 is 60.9. The summed E-state index contributed by atoms with van der Waals surface area (Å²) in [6.07, 6.45) is 0. The number of sulfonamides is 1. The van der Waals surface area contributed by atoms with Gasteiger partial charge in [0.25, 0.3) is 11.8 Å². The third-order valence-corrected chi connectivity index (χ3v) is 6.06. The first kappa shape index (κ1) is 20.7. The molecular weight excluding hydrogens is 410 g/mol. The molecule has 2 aromatic rings. The van der Waals surface area contributed by atoms with Gasteiger partial charge in [0.2, 0.25) is 10.0 Å². The van der Waals surface area contributed by atoms with Crippen LogP contribution in [-0.4, -0.2) is 45.3 Å². The van der Waals surface area contributed by atoms with E-state index in [1.54, 1.807) is 0 Å². The SMILES string of the molecule is COc1cc(CN(C)S(=O)(=O)c2ccc3c(c2)C(=O)NC3=O)ccc1OC(F)F. The summed E-state index contributed by atoms with van der Waals surface area (Å²) in [5, 5.41) is 2.10. The lowest BCUT2D eigenvalue weighted by Gasteiger charge is -2.18. The zero-order valence-electron chi connectivity index (χ0n) is 15.3. The Morgan fingerprint density at radius 3 is 2.38 bits per heavy atom. The maximum Gasteiger partial charge on any atom is 0.387 e. The standard InChI is InChI=1S/C18H16F2N2O6S/c1-22(9-10-3-6-14(28-18(19)20)15(7-10)27-2)29(25,26)11-4-5-12-13(8-11)17(24)21-16(12)23/h3-8,18H,9H2,1-2H3,(H,21,23,24). The molecule has 0 spiro atoms. The molecule has 0 saturated heterocycles. The highest BCUT2D eigenvalue weighted by molar-refractivity contribution is 7.89. The summed E-state index contributed by atoms with van der Waals surface area (Å²) in [5.41, 5.74) is 0.555. The first-order valence-corrected chi connectivity index (χ1v) is 9.65. The summed E-state index contributed by atoms with van der Waals surface area (Å²) >= 11 is 0. The van der Waals surface area contributed by atoms with Crippen molar-refractivity contribution >= 4 is 21.8 Å². The minimum Gasteiger partial charge on any atom is -0.493 e. The molecule has 2 amide bonds. The Labute approximate surface area is 165 Å². The average Bonchev–Trinajstić information content (AvgIpc) is 2.96. The fourth-order valence-electron chi connectivity index (χ4n) is 2.83. The summed E-state index contributed by atoms with van der Waals surface area (Å²) in [7, 11) is -1.40. The van der Waals surface area contributed by atoms with Crippen molar-refractivity contribution in [2.45, 2.75) is 18.1 Å². The Morgan fingerprint density at radius 2 is 1.72 bits per heavy atom. The van der Waals surface area contributed by atoms with Gasteiger partial charge in [-0.3, -0.25) is 14.9 Å². The summed E-state index contributed by atoms with van der Waals surface area (Å²) in [5.74, 6) is -1.39. The van der Waals surface area contributed by atoms with Crippen molar-refractivity contribution in [1.29, 1.82) is 0 Å². The lowest BCUT2D eigenvalue weighted by atomic mass is 10.1. The molecule has 11 heteroatoms. The topological polar surface area (TPSA) is 102 Å². The largest absolute Gasteiger partial charge is 0.493 e. The van der Waals surface area contributed by atoms with Gasteiger partial charge in [-0.05, 0) is 35.9 Å². The molecule has 0 aliphatic carbocycles. The predicted molar refractivity (Wildman–Crippen MR) is 96.5 cm³/mol. The Bertz CT molecular complexity index is 1090. The second-order valence-corrected chi connectivity index (χ2v) is 8.16. The highest BCUT2D eigenvalue weighted by Crippen LogP contribution is 2.30.